The summed E-state index contributed by atoms with van der Waals surface area (Å²) >= 11 is 0. The highest BCUT2D eigenvalue weighted by atomic mass is 16.7. The molecule has 5 nitrogen and oxygen atoms in total. The maximum absolute atomic E-state index is 11.8. The van der Waals surface area contributed by atoms with Crippen molar-refractivity contribution < 1.29 is 24.5 Å². The van der Waals surface area contributed by atoms with E-state index in [1.165, 1.54) is 0 Å². The van der Waals surface area contributed by atoms with Gasteiger partial charge in [-0.1, -0.05) is 19.1 Å². The Morgan fingerprint density at radius 1 is 1.45 bits per heavy atom. The average Bonchev–Trinajstić information content (AvgIpc) is 3.10. The van der Waals surface area contributed by atoms with E-state index in [0.717, 1.165) is 0 Å². The van der Waals surface area contributed by atoms with Gasteiger partial charge in [-0.25, -0.2) is 4.79 Å². The molecule has 108 valence electrons. The van der Waals surface area contributed by atoms with Gasteiger partial charge < -0.3 is 19.7 Å². The lowest BCUT2D eigenvalue weighted by Crippen LogP contribution is -2.55. The number of hydrogen-bond donors (Lipinski definition) is 2. The lowest BCUT2D eigenvalue weighted by Gasteiger charge is -2.50. The van der Waals surface area contributed by atoms with Gasteiger partial charge in [0.2, 0.25) is 5.79 Å². The predicted molar refractivity (Wildman–Crippen MR) is 68.4 cm³/mol. The van der Waals surface area contributed by atoms with Gasteiger partial charge in [0.25, 0.3) is 0 Å². The molecule has 20 heavy (non-hydrogen) atoms. The number of hydrogen-bond acceptors (Lipinski definition) is 5. The smallest absolute Gasteiger partial charge is 0.336 e. The summed E-state index contributed by atoms with van der Waals surface area (Å²) < 4.78 is 10.8. The van der Waals surface area contributed by atoms with Crippen molar-refractivity contribution >= 4 is 5.97 Å². The monoisotopic (exact) mass is 278 g/mol. The summed E-state index contributed by atoms with van der Waals surface area (Å²) in [7, 11) is 0. The van der Waals surface area contributed by atoms with Crippen molar-refractivity contribution in [2.24, 2.45) is 11.3 Å². The number of carbonyl (C=O) groups is 1. The first-order valence-electron chi connectivity index (χ1n) is 6.98. The van der Waals surface area contributed by atoms with Crippen LogP contribution >= 0.6 is 0 Å². The van der Waals surface area contributed by atoms with Crippen molar-refractivity contribution in [1.29, 1.82) is 0 Å². The lowest BCUT2D eigenvalue weighted by atomic mass is 9.56. The third-order valence-corrected chi connectivity index (χ3v) is 5.54. The zero-order chi connectivity index (χ0) is 14.3. The van der Waals surface area contributed by atoms with Crippen molar-refractivity contribution in [2.75, 3.05) is 6.61 Å². The molecule has 2 heterocycles. The molecule has 5 atom stereocenters. The molecule has 0 radical (unpaired) electrons. The molecule has 2 aliphatic heterocycles. The van der Waals surface area contributed by atoms with Crippen molar-refractivity contribution in [3.05, 3.63) is 23.3 Å². The first-order chi connectivity index (χ1) is 9.31. The molecule has 0 aromatic carbocycles. The van der Waals surface area contributed by atoms with E-state index in [0.29, 0.717) is 30.6 Å². The molecule has 1 spiro atoms. The molecular weight excluding hydrogens is 260 g/mol. The van der Waals surface area contributed by atoms with Gasteiger partial charge in [-0.3, -0.25) is 0 Å². The van der Waals surface area contributed by atoms with E-state index in [9.17, 15) is 15.0 Å². The minimum atomic E-state index is -1.49. The van der Waals surface area contributed by atoms with Crippen LogP contribution in [0.4, 0.5) is 0 Å². The summed E-state index contributed by atoms with van der Waals surface area (Å²) in [6, 6.07) is 0. The van der Waals surface area contributed by atoms with E-state index in [1.807, 2.05) is 13.0 Å². The molecule has 1 saturated carbocycles. The Bertz CT molecular complexity index is 573. The van der Waals surface area contributed by atoms with Crippen LogP contribution in [0.15, 0.2) is 23.3 Å². The molecule has 0 aromatic heterocycles. The number of fused-ring (bicyclic) bond motifs is 3. The standard InChI is InChI=1S/C15H18O5/c1-8-9-5-10-13(2,6-15(9,18)20-12(8)17)4-3-11(16)14(10)7-19-14/h3-4,10-11,16,18H,5-7H2,1-2H3/t10-,11-,13-,14+,15+/m1/s1. The molecule has 5 heteroatoms. The van der Waals surface area contributed by atoms with Crippen LogP contribution in [0.2, 0.25) is 0 Å². The molecule has 0 unspecified atom stereocenters. The summed E-state index contributed by atoms with van der Waals surface area (Å²) in [5, 5.41) is 20.9. The Hall–Kier alpha value is -1.17. The van der Waals surface area contributed by atoms with Crippen LogP contribution in [0.5, 0.6) is 0 Å². The predicted octanol–water partition coefficient (Wildman–Crippen LogP) is 0.664. The third-order valence-electron chi connectivity index (χ3n) is 5.54. The van der Waals surface area contributed by atoms with Gasteiger partial charge in [0.1, 0.15) is 11.7 Å². The fourth-order valence-corrected chi connectivity index (χ4v) is 4.28. The first-order valence-corrected chi connectivity index (χ1v) is 6.98. The summed E-state index contributed by atoms with van der Waals surface area (Å²) in [6.07, 6.45) is 3.89. The molecule has 0 amide bonds. The number of esters is 1. The second kappa shape index (κ2) is 3.35. The minimum absolute atomic E-state index is 0.0507. The van der Waals surface area contributed by atoms with Crippen LogP contribution in [-0.2, 0) is 14.3 Å². The fraction of sp³-hybridized carbons (Fsp3) is 0.667. The van der Waals surface area contributed by atoms with Crippen molar-refractivity contribution in [2.45, 2.75) is 44.2 Å². The highest BCUT2D eigenvalue weighted by molar-refractivity contribution is 5.92. The Morgan fingerprint density at radius 3 is 2.80 bits per heavy atom. The van der Waals surface area contributed by atoms with Crippen molar-refractivity contribution in [3.8, 4) is 0 Å². The summed E-state index contributed by atoms with van der Waals surface area (Å²) in [5.41, 5.74) is 0.250. The average molecular weight is 278 g/mol. The SMILES string of the molecule is CC1=C2C[C@H]3[C@@]4(CO4)[C@H](O)C=C[C@]3(C)C[C@]2(O)OC1=O. The Kier molecular flexibility index (Phi) is 2.10. The highest BCUT2D eigenvalue weighted by Crippen LogP contribution is 2.61. The van der Waals surface area contributed by atoms with Gasteiger partial charge in [0, 0.05) is 23.5 Å². The van der Waals surface area contributed by atoms with Crippen molar-refractivity contribution in [1.82, 2.24) is 0 Å². The van der Waals surface area contributed by atoms with Crippen LogP contribution in [-0.4, -0.2) is 40.3 Å². The number of allylic oxidation sites excluding steroid dienone is 1. The molecule has 4 rings (SSSR count). The summed E-state index contributed by atoms with van der Waals surface area (Å²) in [5.74, 6) is -1.88. The molecule has 0 aromatic rings. The lowest BCUT2D eigenvalue weighted by molar-refractivity contribution is -0.203. The number of rotatable bonds is 0. The van der Waals surface area contributed by atoms with E-state index in [4.69, 9.17) is 9.47 Å². The van der Waals surface area contributed by atoms with Crippen LogP contribution in [0.25, 0.3) is 0 Å². The summed E-state index contributed by atoms with van der Waals surface area (Å²) in [4.78, 5) is 11.8. The largest absolute Gasteiger partial charge is 0.426 e. The fourth-order valence-electron chi connectivity index (χ4n) is 4.28. The van der Waals surface area contributed by atoms with Gasteiger partial charge in [-0.05, 0) is 18.8 Å². The highest BCUT2D eigenvalue weighted by Gasteiger charge is 2.68. The van der Waals surface area contributed by atoms with E-state index < -0.39 is 23.5 Å². The van der Waals surface area contributed by atoms with Crippen LogP contribution in [0, 0.1) is 11.3 Å². The number of aliphatic hydroxyl groups is 2. The third kappa shape index (κ3) is 1.31. The van der Waals surface area contributed by atoms with Gasteiger partial charge in [-0.2, -0.15) is 0 Å². The van der Waals surface area contributed by atoms with Crippen LogP contribution in [0.1, 0.15) is 26.7 Å². The Balaban J connectivity index is 1.82. The summed E-state index contributed by atoms with van der Waals surface area (Å²) in [6.45, 7) is 4.24. The quantitative estimate of drug-likeness (QED) is 0.387. The van der Waals surface area contributed by atoms with Crippen molar-refractivity contribution in [3.63, 3.8) is 0 Å². The Morgan fingerprint density at radius 2 is 2.15 bits per heavy atom. The molecule has 2 aliphatic carbocycles. The molecule has 4 aliphatic rings. The normalized spacial score (nSPS) is 52.9. The second-order valence-corrected chi connectivity index (χ2v) is 6.76. The molecule has 2 fully saturated rings. The molecule has 0 bridgehead atoms. The zero-order valence-electron chi connectivity index (χ0n) is 11.5. The molecular formula is C15H18O5. The number of aliphatic hydroxyl groups excluding tert-OH is 1. The Labute approximate surface area is 116 Å². The number of carbonyl (C=O) groups excluding carboxylic acids is 1. The molecule has 1 saturated heterocycles. The topological polar surface area (TPSA) is 79.3 Å². The van der Waals surface area contributed by atoms with Gasteiger partial charge >= 0.3 is 5.97 Å². The van der Waals surface area contributed by atoms with Crippen LogP contribution in [0.3, 0.4) is 0 Å². The van der Waals surface area contributed by atoms with E-state index in [1.54, 1.807) is 13.0 Å². The number of ether oxygens (including phenoxy) is 2. The minimum Gasteiger partial charge on any atom is -0.426 e. The first kappa shape index (κ1) is 12.6. The van der Waals surface area contributed by atoms with E-state index in [2.05, 4.69) is 0 Å². The van der Waals surface area contributed by atoms with E-state index >= 15 is 0 Å². The van der Waals surface area contributed by atoms with Crippen LogP contribution < -0.4 is 0 Å². The maximum atomic E-state index is 11.8. The number of epoxide rings is 1. The van der Waals surface area contributed by atoms with Gasteiger partial charge in [0.15, 0.2) is 0 Å². The van der Waals surface area contributed by atoms with Gasteiger partial charge in [-0.15, -0.1) is 0 Å². The van der Waals surface area contributed by atoms with E-state index in [-0.39, 0.29) is 11.3 Å². The maximum Gasteiger partial charge on any atom is 0.336 e. The second-order valence-electron chi connectivity index (χ2n) is 6.76. The van der Waals surface area contributed by atoms with Gasteiger partial charge in [0.05, 0.1) is 6.61 Å². The molecule has 2 N–H and O–H groups in total. The zero-order valence-corrected chi connectivity index (χ0v) is 11.5.